The van der Waals surface area contributed by atoms with Gasteiger partial charge in [0, 0.05) is 0 Å². The number of amides is 1. The molecule has 0 saturated heterocycles. The Morgan fingerprint density at radius 1 is 0.933 bits per heavy atom. The Labute approximate surface area is 177 Å². The molecule has 0 spiro atoms. The third-order valence-electron chi connectivity index (χ3n) is 5.03. The molecule has 3 unspecified atom stereocenters. The van der Waals surface area contributed by atoms with Gasteiger partial charge in [0.05, 0.1) is 17.0 Å². The molecule has 0 aliphatic heterocycles. The van der Waals surface area contributed by atoms with Crippen LogP contribution in [0.15, 0.2) is 71.6 Å². The van der Waals surface area contributed by atoms with E-state index < -0.39 is 28.1 Å². The van der Waals surface area contributed by atoms with E-state index >= 15 is 0 Å². The lowest BCUT2D eigenvalue weighted by Gasteiger charge is -2.24. The molecule has 0 saturated carbocycles. The van der Waals surface area contributed by atoms with Crippen LogP contribution in [-0.2, 0) is 14.8 Å². The van der Waals surface area contributed by atoms with Crippen LogP contribution >= 0.6 is 0 Å². The topological polar surface area (TPSA) is 95.5 Å². The number of aliphatic hydroxyl groups is 1. The zero-order chi connectivity index (χ0) is 21.9. The van der Waals surface area contributed by atoms with E-state index in [0.717, 1.165) is 21.9 Å². The van der Waals surface area contributed by atoms with Gasteiger partial charge >= 0.3 is 0 Å². The van der Waals surface area contributed by atoms with E-state index in [9.17, 15) is 18.3 Å². The lowest BCUT2D eigenvalue weighted by molar-refractivity contribution is -0.125. The smallest absolute Gasteiger partial charge is 0.241 e. The number of hydrogen-bond acceptors (Lipinski definition) is 4. The third kappa shape index (κ3) is 4.87. The van der Waals surface area contributed by atoms with Crippen molar-refractivity contribution in [2.24, 2.45) is 0 Å². The number of carbonyl (C=O) groups is 1. The Morgan fingerprint density at radius 2 is 1.57 bits per heavy atom. The van der Waals surface area contributed by atoms with Crippen LogP contribution in [0.25, 0.3) is 10.8 Å². The van der Waals surface area contributed by atoms with Gasteiger partial charge in [0.25, 0.3) is 0 Å². The normalized spacial score (nSPS) is 14.8. The maximum atomic E-state index is 12.9. The monoisotopic (exact) mass is 426 g/mol. The molecule has 3 atom stereocenters. The SMILES string of the molecule is Cc1ccc(S(=O)(=O)NC(C(=O)NC(C)c2cccc3ccccc23)C(C)O)cc1. The highest BCUT2D eigenvalue weighted by molar-refractivity contribution is 7.89. The largest absolute Gasteiger partial charge is 0.391 e. The molecule has 3 rings (SSSR count). The summed E-state index contributed by atoms with van der Waals surface area (Å²) in [7, 11) is -3.97. The van der Waals surface area contributed by atoms with Gasteiger partial charge in [0.2, 0.25) is 15.9 Å². The summed E-state index contributed by atoms with van der Waals surface area (Å²) >= 11 is 0. The van der Waals surface area contributed by atoms with Crippen LogP contribution in [0.4, 0.5) is 0 Å². The van der Waals surface area contributed by atoms with E-state index in [1.54, 1.807) is 12.1 Å². The number of rotatable bonds is 7. The van der Waals surface area contributed by atoms with Gasteiger partial charge in [-0.2, -0.15) is 4.72 Å². The second-order valence-corrected chi connectivity index (χ2v) is 9.17. The van der Waals surface area contributed by atoms with Gasteiger partial charge in [-0.3, -0.25) is 4.79 Å². The fourth-order valence-electron chi connectivity index (χ4n) is 3.33. The molecule has 30 heavy (non-hydrogen) atoms. The van der Waals surface area contributed by atoms with Crippen molar-refractivity contribution in [1.82, 2.24) is 10.0 Å². The summed E-state index contributed by atoms with van der Waals surface area (Å²) in [6, 6.07) is 18.2. The number of sulfonamides is 1. The minimum Gasteiger partial charge on any atom is -0.391 e. The first-order valence-electron chi connectivity index (χ1n) is 9.74. The van der Waals surface area contributed by atoms with Crippen LogP contribution in [0.3, 0.4) is 0 Å². The fraction of sp³-hybridized carbons (Fsp3) is 0.261. The second-order valence-electron chi connectivity index (χ2n) is 7.45. The van der Waals surface area contributed by atoms with E-state index in [2.05, 4.69) is 10.0 Å². The molecule has 0 fully saturated rings. The average molecular weight is 427 g/mol. The summed E-state index contributed by atoms with van der Waals surface area (Å²) < 4.78 is 27.7. The highest BCUT2D eigenvalue weighted by Gasteiger charge is 2.30. The molecular formula is C23H26N2O4S. The van der Waals surface area contributed by atoms with E-state index in [4.69, 9.17) is 0 Å². The molecule has 7 heteroatoms. The third-order valence-corrected chi connectivity index (χ3v) is 6.48. The molecule has 3 aromatic rings. The Kier molecular flexibility index (Phi) is 6.55. The Morgan fingerprint density at radius 3 is 2.23 bits per heavy atom. The Balaban J connectivity index is 1.81. The molecule has 0 heterocycles. The highest BCUT2D eigenvalue weighted by atomic mass is 32.2. The fourth-order valence-corrected chi connectivity index (χ4v) is 4.60. The van der Waals surface area contributed by atoms with Gasteiger partial charge in [-0.15, -0.1) is 0 Å². The van der Waals surface area contributed by atoms with Gasteiger partial charge in [-0.25, -0.2) is 8.42 Å². The van der Waals surface area contributed by atoms with Crippen molar-refractivity contribution >= 4 is 26.7 Å². The van der Waals surface area contributed by atoms with Crippen molar-refractivity contribution in [2.45, 2.75) is 43.9 Å². The minimum atomic E-state index is -3.97. The van der Waals surface area contributed by atoms with Gasteiger partial charge in [0.1, 0.15) is 6.04 Å². The van der Waals surface area contributed by atoms with Crippen molar-refractivity contribution in [3.63, 3.8) is 0 Å². The quantitative estimate of drug-likeness (QED) is 0.541. The number of aliphatic hydroxyl groups excluding tert-OH is 1. The van der Waals surface area contributed by atoms with E-state index in [1.165, 1.54) is 19.1 Å². The summed E-state index contributed by atoms with van der Waals surface area (Å²) in [5.74, 6) is -0.596. The number of carbonyl (C=O) groups excluding carboxylic acids is 1. The van der Waals surface area contributed by atoms with Crippen LogP contribution in [-0.4, -0.2) is 31.6 Å². The number of fused-ring (bicyclic) bond motifs is 1. The lowest BCUT2D eigenvalue weighted by atomic mass is 9.99. The number of hydrogen-bond donors (Lipinski definition) is 3. The predicted octanol–water partition coefficient (Wildman–Crippen LogP) is 3.05. The van der Waals surface area contributed by atoms with E-state index in [-0.39, 0.29) is 10.9 Å². The average Bonchev–Trinajstić information content (AvgIpc) is 2.71. The van der Waals surface area contributed by atoms with E-state index in [0.29, 0.717) is 0 Å². The number of benzene rings is 3. The summed E-state index contributed by atoms with van der Waals surface area (Å²) in [6.45, 7) is 5.06. The first kappa shape index (κ1) is 22.0. The molecule has 1 amide bonds. The van der Waals surface area contributed by atoms with Gasteiger partial charge in [0.15, 0.2) is 0 Å². The molecule has 0 aliphatic carbocycles. The molecule has 0 bridgehead atoms. The summed E-state index contributed by atoms with van der Waals surface area (Å²) in [5.41, 5.74) is 1.83. The van der Waals surface area contributed by atoms with Crippen LogP contribution in [0.2, 0.25) is 0 Å². The molecular weight excluding hydrogens is 400 g/mol. The van der Waals surface area contributed by atoms with Gasteiger partial charge < -0.3 is 10.4 Å². The maximum absolute atomic E-state index is 12.9. The first-order chi connectivity index (χ1) is 14.2. The summed E-state index contributed by atoms with van der Waals surface area (Å²) in [4.78, 5) is 12.9. The van der Waals surface area contributed by atoms with Crippen molar-refractivity contribution in [1.29, 1.82) is 0 Å². The molecule has 0 radical (unpaired) electrons. The van der Waals surface area contributed by atoms with Crippen LogP contribution in [0.5, 0.6) is 0 Å². The van der Waals surface area contributed by atoms with E-state index in [1.807, 2.05) is 56.3 Å². The van der Waals surface area contributed by atoms with Crippen LogP contribution in [0.1, 0.15) is 31.0 Å². The maximum Gasteiger partial charge on any atom is 0.241 e. The number of nitrogens with one attached hydrogen (secondary N) is 2. The molecule has 0 aromatic heterocycles. The number of aryl methyl sites for hydroxylation is 1. The second kappa shape index (κ2) is 8.95. The zero-order valence-electron chi connectivity index (χ0n) is 17.2. The van der Waals surface area contributed by atoms with Crippen LogP contribution < -0.4 is 10.0 Å². The highest BCUT2D eigenvalue weighted by Crippen LogP contribution is 2.24. The lowest BCUT2D eigenvalue weighted by Crippen LogP contribution is -2.52. The molecule has 158 valence electrons. The zero-order valence-corrected chi connectivity index (χ0v) is 18.0. The van der Waals surface area contributed by atoms with Crippen molar-refractivity contribution in [3.05, 3.63) is 77.9 Å². The van der Waals surface area contributed by atoms with Crippen LogP contribution in [0, 0.1) is 6.92 Å². The Hall–Kier alpha value is -2.74. The predicted molar refractivity (Wildman–Crippen MR) is 117 cm³/mol. The van der Waals surface area contributed by atoms with Crippen molar-refractivity contribution in [2.75, 3.05) is 0 Å². The summed E-state index contributed by atoms with van der Waals surface area (Å²) in [6.07, 6.45) is -1.22. The van der Waals surface area contributed by atoms with Gasteiger partial charge in [-0.05, 0) is 49.2 Å². The summed E-state index contributed by atoms with van der Waals surface area (Å²) in [5, 5.41) is 15.0. The minimum absolute atomic E-state index is 0.0358. The van der Waals surface area contributed by atoms with Crippen molar-refractivity contribution < 1.29 is 18.3 Å². The van der Waals surface area contributed by atoms with Crippen molar-refractivity contribution in [3.8, 4) is 0 Å². The first-order valence-corrected chi connectivity index (χ1v) is 11.2. The van der Waals surface area contributed by atoms with Gasteiger partial charge in [-0.1, -0.05) is 60.2 Å². The molecule has 3 N–H and O–H groups in total. The molecule has 6 nitrogen and oxygen atoms in total. The molecule has 0 aliphatic rings. The Bertz CT molecular complexity index is 1140. The molecule has 3 aromatic carbocycles. The standard InChI is InChI=1S/C23H26N2O4S/c1-15-11-13-19(14-12-15)30(28,29)25-22(17(3)26)23(27)24-16(2)20-10-6-8-18-7-4-5-9-21(18)20/h4-14,16-17,22,25-26H,1-3H3,(H,24,27).